The summed E-state index contributed by atoms with van der Waals surface area (Å²) >= 11 is 0. The second-order valence-electron chi connectivity index (χ2n) is 4.22. The van der Waals surface area contributed by atoms with Crippen molar-refractivity contribution in [3.8, 4) is 0 Å². The highest BCUT2D eigenvalue weighted by Gasteiger charge is 2.42. The molecule has 1 rings (SSSR count). The van der Waals surface area contributed by atoms with Gasteiger partial charge in [0.15, 0.2) is 0 Å². The summed E-state index contributed by atoms with van der Waals surface area (Å²) in [7, 11) is 1.39. The minimum atomic E-state index is -4.00. The van der Waals surface area contributed by atoms with E-state index in [-0.39, 0.29) is 18.9 Å². The monoisotopic (exact) mass is 303 g/mol. The van der Waals surface area contributed by atoms with Crippen molar-refractivity contribution in [2.75, 3.05) is 13.7 Å². The van der Waals surface area contributed by atoms with Crippen molar-refractivity contribution in [3.63, 3.8) is 0 Å². The summed E-state index contributed by atoms with van der Waals surface area (Å²) in [5.41, 5.74) is 3.79. The third-order valence-electron chi connectivity index (χ3n) is 2.36. The maximum atomic E-state index is 11.3. The van der Waals surface area contributed by atoms with Crippen molar-refractivity contribution in [2.45, 2.75) is 51.9 Å². The van der Waals surface area contributed by atoms with Gasteiger partial charge in [-0.25, -0.2) is 0 Å². The van der Waals surface area contributed by atoms with E-state index in [1.54, 1.807) is 0 Å². The molecule has 20 heavy (non-hydrogen) atoms. The summed E-state index contributed by atoms with van der Waals surface area (Å²) in [5, 5.41) is 3.11. The lowest BCUT2D eigenvalue weighted by atomic mass is 9.99. The first-order chi connectivity index (χ1) is 9.12. The zero-order chi connectivity index (χ0) is 16.4. The van der Waals surface area contributed by atoms with E-state index in [0.717, 1.165) is 6.54 Å². The van der Waals surface area contributed by atoms with Crippen molar-refractivity contribution in [2.24, 2.45) is 5.84 Å². The third kappa shape index (κ3) is 9.96. The Kier molecular flexibility index (Phi) is 10.6. The van der Waals surface area contributed by atoms with Gasteiger partial charge < -0.3 is 10.1 Å². The minimum absolute atomic E-state index is 0.188. The lowest BCUT2D eigenvalue weighted by molar-refractivity contribution is -0.727. The highest BCUT2D eigenvalue weighted by molar-refractivity contribution is 5.80. The van der Waals surface area contributed by atoms with Crippen LogP contribution >= 0.6 is 0 Å². The Morgan fingerprint density at radius 2 is 1.95 bits per heavy atom. The van der Waals surface area contributed by atoms with Crippen LogP contribution in [0.15, 0.2) is 0 Å². The maximum absolute atomic E-state index is 11.3. The molecule has 0 radical (unpaired) electrons. The summed E-state index contributed by atoms with van der Waals surface area (Å²) in [4.78, 5) is 11.3. The van der Waals surface area contributed by atoms with Gasteiger partial charge >= 0.3 is 12.1 Å². The fourth-order valence-electron chi connectivity index (χ4n) is 1.62. The van der Waals surface area contributed by atoms with E-state index in [1.165, 1.54) is 12.6 Å². The molecule has 1 unspecified atom stereocenters. The predicted octanol–water partition coefficient (Wildman–Crippen LogP) is -0.183. The molecule has 6 nitrogen and oxygen atoms in total. The molecule has 2 atom stereocenters. The van der Waals surface area contributed by atoms with Gasteiger partial charge in [-0.2, -0.15) is 24.5 Å². The summed E-state index contributed by atoms with van der Waals surface area (Å²) in [5.74, 6) is 5.00. The second kappa shape index (κ2) is 9.92. The maximum Gasteiger partial charge on any atom is 0.386 e. The molecule has 0 aromatic carbocycles. The van der Waals surface area contributed by atoms with E-state index in [9.17, 15) is 18.0 Å². The van der Waals surface area contributed by atoms with Crippen molar-refractivity contribution in [1.29, 1.82) is 0 Å². The zero-order valence-electron chi connectivity index (χ0n) is 12.6. The Balaban J connectivity index is 0. The number of alkyl halides is 3. The van der Waals surface area contributed by atoms with Crippen molar-refractivity contribution >= 4 is 5.97 Å². The number of rotatable bonds is 3. The first kappa shape index (κ1) is 21.4. The number of carbonyl (C=O) groups is 1. The lowest BCUT2D eigenvalue weighted by Crippen LogP contribution is -3.01. The molecule has 0 saturated carbocycles. The van der Waals surface area contributed by atoms with Crippen LogP contribution < -0.4 is 22.1 Å². The normalized spacial score (nSPS) is 24.9. The van der Waals surface area contributed by atoms with E-state index < -0.39 is 11.7 Å². The van der Waals surface area contributed by atoms with Crippen LogP contribution in [0.4, 0.5) is 13.2 Å². The van der Waals surface area contributed by atoms with Crippen molar-refractivity contribution < 1.29 is 28.2 Å². The molecule has 0 amide bonds. The van der Waals surface area contributed by atoms with Crippen molar-refractivity contribution in [1.82, 2.24) is 10.7 Å². The number of carbonyl (C=O) groups excluding carboxylic acids is 1. The topological polar surface area (TPSA) is 93.0 Å². The lowest BCUT2D eigenvalue weighted by Gasteiger charge is -2.20. The predicted molar refractivity (Wildman–Crippen MR) is 69.2 cm³/mol. The Hall–Kier alpha value is -0.900. The molecule has 1 aliphatic rings. The van der Waals surface area contributed by atoms with Gasteiger partial charge in [0.2, 0.25) is 0 Å². The smallest absolute Gasteiger partial charge is 0.386 e. The van der Waals surface area contributed by atoms with Crippen LogP contribution in [0.3, 0.4) is 0 Å². The Morgan fingerprint density at radius 3 is 2.30 bits per heavy atom. The van der Waals surface area contributed by atoms with Crippen LogP contribution in [0.5, 0.6) is 0 Å². The highest BCUT2D eigenvalue weighted by Crippen LogP contribution is 2.19. The van der Waals surface area contributed by atoms with Crippen LogP contribution in [0.1, 0.15) is 34.1 Å². The van der Waals surface area contributed by atoms with Gasteiger partial charge in [-0.05, 0) is 13.3 Å². The van der Waals surface area contributed by atoms with Crippen LogP contribution in [-0.2, 0) is 9.53 Å². The Labute approximate surface area is 117 Å². The zero-order valence-corrected chi connectivity index (χ0v) is 12.6. The van der Waals surface area contributed by atoms with E-state index in [0.29, 0.717) is 6.42 Å². The quantitative estimate of drug-likeness (QED) is 0.330. The largest absolute Gasteiger partial charge is 0.468 e. The number of ether oxygens (including phenoxy) is 1. The summed E-state index contributed by atoms with van der Waals surface area (Å²) in [6.07, 6.45) is -3.31. The number of hydrogen-bond acceptors (Lipinski definition) is 5. The summed E-state index contributed by atoms with van der Waals surface area (Å²) in [6.45, 7) is 6.74. The fraction of sp³-hybridized carbons (Fsp3) is 0.909. The SMILES string of the molecule is CC.CC(F)(F)F.COC(=O)[C@]1(C)CC(N[NH2+]N)CN1. The number of hydrogen-bond donors (Lipinski definition) is 4. The first-order valence-corrected chi connectivity index (χ1v) is 6.32. The van der Waals surface area contributed by atoms with Crippen LogP contribution in [0.25, 0.3) is 0 Å². The van der Waals surface area contributed by atoms with Crippen molar-refractivity contribution in [3.05, 3.63) is 0 Å². The molecular formula is C11H26F3N4O2+. The first-order valence-electron chi connectivity index (χ1n) is 6.32. The highest BCUT2D eigenvalue weighted by atomic mass is 19.4. The minimum Gasteiger partial charge on any atom is -0.468 e. The van der Waals surface area contributed by atoms with E-state index >= 15 is 0 Å². The molecule has 1 heterocycles. The average Bonchev–Trinajstić information content (AvgIpc) is 2.72. The molecular weight excluding hydrogens is 277 g/mol. The van der Waals surface area contributed by atoms with Gasteiger partial charge in [0, 0.05) is 13.5 Å². The van der Waals surface area contributed by atoms with E-state index in [4.69, 9.17) is 10.6 Å². The Morgan fingerprint density at radius 1 is 1.50 bits per heavy atom. The Bertz CT molecular complexity index is 271. The fourth-order valence-corrected chi connectivity index (χ4v) is 1.62. The second-order valence-corrected chi connectivity index (χ2v) is 4.22. The summed E-state index contributed by atoms with van der Waals surface area (Å²) < 4.78 is 35.8. The number of methoxy groups -OCH3 is 1. The number of quaternary nitrogens is 1. The van der Waals surface area contributed by atoms with E-state index in [1.807, 2.05) is 20.8 Å². The summed E-state index contributed by atoms with van der Waals surface area (Å²) in [6, 6.07) is 0.203. The van der Waals surface area contributed by atoms with Gasteiger partial charge in [-0.15, -0.1) is 5.43 Å². The molecule has 0 aliphatic carbocycles. The average molecular weight is 303 g/mol. The number of nitrogens with two attached hydrogens (primary N) is 2. The van der Waals surface area contributed by atoms with Gasteiger partial charge in [0.25, 0.3) is 0 Å². The van der Waals surface area contributed by atoms with Gasteiger partial charge in [0.05, 0.1) is 13.2 Å². The molecule has 1 fully saturated rings. The molecule has 1 saturated heterocycles. The molecule has 0 bridgehead atoms. The van der Waals surface area contributed by atoms with Crippen LogP contribution in [-0.4, -0.2) is 37.4 Å². The van der Waals surface area contributed by atoms with Crippen LogP contribution in [0.2, 0.25) is 0 Å². The number of halogens is 3. The molecule has 122 valence electrons. The molecule has 9 heteroatoms. The van der Waals surface area contributed by atoms with Crippen LogP contribution in [0, 0.1) is 0 Å². The third-order valence-corrected chi connectivity index (χ3v) is 2.36. The standard InChI is InChI=1S/C7H16N4O2.C2H3F3.C2H6/c1-7(6(12)13-2)3-5(4-9-7)10-11-8;1-2(3,4)5;1-2/h5,9-11H,3-4,8H2,1-2H3;1H3;1-2H3/p+1/t5?,7-;;/m0../s1. The van der Waals surface area contributed by atoms with Gasteiger partial charge in [-0.1, -0.05) is 13.8 Å². The van der Waals surface area contributed by atoms with Gasteiger partial charge in [-0.3, -0.25) is 4.79 Å². The van der Waals surface area contributed by atoms with Gasteiger partial charge in [0.1, 0.15) is 5.54 Å². The molecule has 1 aliphatic heterocycles. The van der Waals surface area contributed by atoms with E-state index in [2.05, 4.69) is 10.7 Å². The molecule has 0 aromatic heterocycles. The molecule has 0 aromatic rings. The molecule has 6 N–H and O–H groups in total. The number of nitrogens with one attached hydrogen (secondary N) is 2. The number of esters is 1. The molecule has 0 spiro atoms.